The zero-order valence-corrected chi connectivity index (χ0v) is 12.2. The van der Waals surface area contributed by atoms with E-state index in [0.717, 1.165) is 25.2 Å². The molecule has 0 N–H and O–H groups in total. The molecule has 0 saturated carbocycles. The molecule has 2 aromatic rings. The van der Waals surface area contributed by atoms with Crippen molar-refractivity contribution >= 4 is 28.9 Å². The molecule has 1 unspecified atom stereocenters. The summed E-state index contributed by atoms with van der Waals surface area (Å²) >= 11 is 11.9. The molecule has 0 aromatic carbocycles. The molecule has 104 valence electrons. The lowest BCUT2D eigenvalue weighted by atomic mass is 10.3. The molecule has 3 heterocycles. The van der Waals surface area contributed by atoms with Gasteiger partial charge < -0.3 is 9.64 Å². The van der Waals surface area contributed by atoms with Crippen molar-refractivity contribution in [1.82, 2.24) is 9.97 Å². The first-order chi connectivity index (χ1) is 9.72. The fourth-order valence-electron chi connectivity index (χ4n) is 2.26. The van der Waals surface area contributed by atoms with Crippen LogP contribution in [0.25, 0.3) is 0 Å². The largest absolute Gasteiger partial charge is 0.471 e. The third kappa shape index (κ3) is 2.97. The summed E-state index contributed by atoms with van der Waals surface area (Å²) in [5, 5.41) is 0.951. The highest BCUT2D eigenvalue weighted by Crippen LogP contribution is 2.28. The molecule has 1 saturated heterocycles. The van der Waals surface area contributed by atoms with Crippen molar-refractivity contribution in [2.24, 2.45) is 0 Å². The normalized spacial score (nSPS) is 18.3. The topological polar surface area (TPSA) is 38.2 Å². The lowest BCUT2D eigenvalue weighted by Gasteiger charge is -2.18. The fraction of sp³-hybridized carbons (Fsp3) is 0.286. The first-order valence-corrected chi connectivity index (χ1v) is 7.10. The summed E-state index contributed by atoms with van der Waals surface area (Å²) in [5.74, 6) is 0.442. The molecular weight excluding hydrogens is 297 g/mol. The van der Waals surface area contributed by atoms with Crippen LogP contribution in [0.15, 0.2) is 36.8 Å². The Labute approximate surface area is 127 Å². The molecule has 1 aliphatic heterocycles. The number of ether oxygens (including phenoxy) is 1. The SMILES string of the molecule is Clc1cnc(OC2CCN(c3ccncc3)C2)c(Cl)c1. The minimum atomic E-state index is 0.0781. The fourth-order valence-corrected chi connectivity index (χ4v) is 2.69. The van der Waals surface area contributed by atoms with Crippen molar-refractivity contribution in [2.75, 3.05) is 18.0 Å². The van der Waals surface area contributed by atoms with E-state index in [1.54, 1.807) is 24.7 Å². The molecule has 4 nitrogen and oxygen atoms in total. The summed E-state index contributed by atoms with van der Waals surface area (Å²) in [6, 6.07) is 5.63. The van der Waals surface area contributed by atoms with E-state index in [9.17, 15) is 0 Å². The van der Waals surface area contributed by atoms with Crippen LogP contribution in [0, 0.1) is 0 Å². The van der Waals surface area contributed by atoms with Crippen molar-refractivity contribution in [2.45, 2.75) is 12.5 Å². The molecule has 0 amide bonds. The van der Waals surface area contributed by atoms with Crippen molar-refractivity contribution in [3.05, 3.63) is 46.8 Å². The maximum absolute atomic E-state index is 6.07. The van der Waals surface area contributed by atoms with E-state index in [1.165, 1.54) is 0 Å². The second-order valence-electron chi connectivity index (χ2n) is 4.62. The van der Waals surface area contributed by atoms with Crippen LogP contribution in [-0.2, 0) is 0 Å². The molecule has 1 fully saturated rings. The Bertz CT molecular complexity index is 594. The Morgan fingerprint density at radius 3 is 2.80 bits per heavy atom. The molecule has 1 aliphatic rings. The number of rotatable bonds is 3. The van der Waals surface area contributed by atoms with Gasteiger partial charge in [0.1, 0.15) is 11.1 Å². The van der Waals surface area contributed by atoms with Crippen molar-refractivity contribution < 1.29 is 4.74 Å². The van der Waals surface area contributed by atoms with Gasteiger partial charge in [0.2, 0.25) is 5.88 Å². The summed E-state index contributed by atoms with van der Waals surface area (Å²) < 4.78 is 5.85. The van der Waals surface area contributed by atoms with Crippen LogP contribution in [0.3, 0.4) is 0 Å². The zero-order chi connectivity index (χ0) is 13.9. The third-order valence-corrected chi connectivity index (χ3v) is 3.70. The second-order valence-corrected chi connectivity index (χ2v) is 5.46. The molecular formula is C14H13Cl2N3O. The molecule has 0 aliphatic carbocycles. The van der Waals surface area contributed by atoms with Crippen LogP contribution in [0.1, 0.15) is 6.42 Å². The highest BCUT2D eigenvalue weighted by Gasteiger charge is 2.25. The molecule has 0 bridgehead atoms. The molecule has 20 heavy (non-hydrogen) atoms. The number of hydrogen-bond donors (Lipinski definition) is 0. The van der Waals surface area contributed by atoms with Gasteiger partial charge in [0.15, 0.2) is 0 Å². The average molecular weight is 310 g/mol. The average Bonchev–Trinajstić information content (AvgIpc) is 2.92. The van der Waals surface area contributed by atoms with Gasteiger partial charge in [-0.15, -0.1) is 0 Å². The predicted molar refractivity (Wildman–Crippen MR) is 79.7 cm³/mol. The Balaban J connectivity index is 1.66. The molecule has 1 atom stereocenters. The number of halogens is 2. The highest BCUT2D eigenvalue weighted by atomic mass is 35.5. The summed E-state index contributed by atoms with van der Waals surface area (Å²) in [5.41, 5.74) is 1.15. The predicted octanol–water partition coefficient (Wildman–Crippen LogP) is 3.44. The number of pyridine rings is 2. The van der Waals surface area contributed by atoms with Gasteiger partial charge in [0.25, 0.3) is 0 Å². The van der Waals surface area contributed by atoms with Crippen LogP contribution in [-0.4, -0.2) is 29.2 Å². The number of nitrogens with zero attached hydrogens (tertiary/aromatic N) is 3. The number of aromatic nitrogens is 2. The summed E-state index contributed by atoms with van der Waals surface area (Å²) in [6.07, 6.45) is 6.14. The Morgan fingerprint density at radius 2 is 2.05 bits per heavy atom. The Hall–Kier alpha value is -1.52. The molecule has 6 heteroatoms. The summed E-state index contributed by atoms with van der Waals surface area (Å²) in [4.78, 5) is 10.4. The molecule has 3 rings (SSSR count). The van der Waals surface area contributed by atoms with Gasteiger partial charge in [0.05, 0.1) is 11.6 Å². The van der Waals surface area contributed by atoms with E-state index in [1.807, 2.05) is 12.1 Å². The standard InChI is InChI=1S/C14H13Cl2N3O/c15-10-7-13(16)14(18-8-10)20-12-3-6-19(9-12)11-1-4-17-5-2-11/h1-2,4-5,7-8,12H,3,6,9H2. The lowest BCUT2D eigenvalue weighted by Crippen LogP contribution is -2.24. The van der Waals surface area contributed by atoms with E-state index in [0.29, 0.717) is 15.9 Å². The monoisotopic (exact) mass is 309 g/mol. The molecule has 0 radical (unpaired) electrons. The van der Waals surface area contributed by atoms with Gasteiger partial charge in [-0.25, -0.2) is 4.98 Å². The highest BCUT2D eigenvalue weighted by molar-refractivity contribution is 6.35. The van der Waals surface area contributed by atoms with Gasteiger partial charge in [-0.05, 0) is 18.2 Å². The zero-order valence-electron chi connectivity index (χ0n) is 10.7. The third-order valence-electron chi connectivity index (χ3n) is 3.23. The smallest absolute Gasteiger partial charge is 0.232 e. The summed E-state index contributed by atoms with van der Waals surface area (Å²) in [6.45, 7) is 1.75. The maximum atomic E-state index is 6.07. The van der Waals surface area contributed by atoms with Gasteiger partial charge in [-0.3, -0.25) is 4.98 Å². The van der Waals surface area contributed by atoms with Gasteiger partial charge in [0, 0.05) is 37.2 Å². The quantitative estimate of drug-likeness (QED) is 0.870. The van der Waals surface area contributed by atoms with E-state index in [4.69, 9.17) is 27.9 Å². The van der Waals surface area contributed by atoms with E-state index in [-0.39, 0.29) is 6.10 Å². The van der Waals surface area contributed by atoms with E-state index in [2.05, 4.69) is 14.9 Å². The number of hydrogen-bond acceptors (Lipinski definition) is 4. The molecule has 2 aromatic heterocycles. The van der Waals surface area contributed by atoms with E-state index < -0.39 is 0 Å². The Kier molecular flexibility index (Phi) is 3.94. The second kappa shape index (κ2) is 5.85. The Morgan fingerprint density at radius 1 is 1.25 bits per heavy atom. The van der Waals surface area contributed by atoms with Crippen LogP contribution < -0.4 is 9.64 Å². The van der Waals surface area contributed by atoms with Crippen LogP contribution >= 0.6 is 23.2 Å². The minimum absolute atomic E-state index is 0.0781. The van der Waals surface area contributed by atoms with Crippen molar-refractivity contribution in [1.29, 1.82) is 0 Å². The number of anilines is 1. The summed E-state index contributed by atoms with van der Waals surface area (Å²) in [7, 11) is 0. The lowest BCUT2D eigenvalue weighted by molar-refractivity contribution is 0.216. The van der Waals surface area contributed by atoms with E-state index >= 15 is 0 Å². The van der Waals surface area contributed by atoms with Crippen LogP contribution in [0.2, 0.25) is 10.0 Å². The van der Waals surface area contributed by atoms with Gasteiger partial charge in [-0.1, -0.05) is 23.2 Å². The first kappa shape index (κ1) is 13.5. The maximum Gasteiger partial charge on any atom is 0.232 e. The van der Waals surface area contributed by atoms with Crippen molar-refractivity contribution in [3.63, 3.8) is 0 Å². The van der Waals surface area contributed by atoms with Crippen LogP contribution in [0.4, 0.5) is 5.69 Å². The van der Waals surface area contributed by atoms with Crippen molar-refractivity contribution in [3.8, 4) is 5.88 Å². The first-order valence-electron chi connectivity index (χ1n) is 6.35. The minimum Gasteiger partial charge on any atom is -0.471 e. The van der Waals surface area contributed by atoms with Crippen LogP contribution in [0.5, 0.6) is 5.88 Å². The van der Waals surface area contributed by atoms with Gasteiger partial charge in [-0.2, -0.15) is 0 Å². The molecule has 0 spiro atoms. The van der Waals surface area contributed by atoms with Gasteiger partial charge >= 0.3 is 0 Å².